The number of aliphatic hydroxyl groups excluding tert-OH is 1. The van der Waals surface area contributed by atoms with Crippen LogP contribution in [-0.4, -0.2) is 24.9 Å². The number of aryl methyl sites for hydroxylation is 1. The molecule has 0 aromatic heterocycles. The van der Waals surface area contributed by atoms with Gasteiger partial charge in [-0.15, -0.1) is 0 Å². The third kappa shape index (κ3) is 3.13. The van der Waals surface area contributed by atoms with Crippen LogP contribution in [0.4, 0.5) is 5.69 Å². The van der Waals surface area contributed by atoms with E-state index in [1.54, 1.807) is 0 Å². The summed E-state index contributed by atoms with van der Waals surface area (Å²) < 4.78 is 5.58. The van der Waals surface area contributed by atoms with Crippen molar-refractivity contribution < 1.29 is 9.84 Å². The highest BCUT2D eigenvalue weighted by atomic mass is 16.5. The van der Waals surface area contributed by atoms with Crippen LogP contribution in [-0.2, 0) is 6.42 Å². The van der Waals surface area contributed by atoms with Crippen LogP contribution in [0, 0.1) is 5.41 Å². The Labute approximate surface area is 103 Å². The number of hydrogen-bond acceptors (Lipinski definition) is 3. The number of rotatable bonds is 4. The van der Waals surface area contributed by atoms with Gasteiger partial charge in [-0.3, -0.25) is 0 Å². The van der Waals surface area contributed by atoms with Crippen LogP contribution in [0.15, 0.2) is 18.2 Å². The van der Waals surface area contributed by atoms with Crippen molar-refractivity contribution in [2.24, 2.45) is 5.41 Å². The summed E-state index contributed by atoms with van der Waals surface area (Å²) in [5.74, 6) is 1.02. The van der Waals surface area contributed by atoms with Gasteiger partial charge in [0, 0.05) is 24.3 Å². The fourth-order valence-corrected chi connectivity index (χ4v) is 1.87. The molecule has 0 amide bonds. The molecule has 1 aliphatic heterocycles. The summed E-state index contributed by atoms with van der Waals surface area (Å²) in [6, 6.07) is 6.22. The molecule has 0 unspecified atom stereocenters. The Kier molecular flexibility index (Phi) is 3.57. The van der Waals surface area contributed by atoms with Crippen LogP contribution in [0.3, 0.4) is 0 Å². The largest absolute Gasteiger partial charge is 0.493 e. The number of nitrogens with one attached hydrogen (secondary N) is 1. The van der Waals surface area contributed by atoms with Gasteiger partial charge in [0.1, 0.15) is 5.75 Å². The molecule has 1 aromatic carbocycles. The average molecular weight is 235 g/mol. The van der Waals surface area contributed by atoms with Gasteiger partial charge in [0.15, 0.2) is 0 Å². The van der Waals surface area contributed by atoms with E-state index in [9.17, 15) is 5.11 Å². The number of anilines is 1. The van der Waals surface area contributed by atoms with Crippen molar-refractivity contribution in [2.45, 2.75) is 26.7 Å². The summed E-state index contributed by atoms with van der Waals surface area (Å²) >= 11 is 0. The molecule has 94 valence electrons. The molecule has 0 spiro atoms. The second-order valence-electron chi connectivity index (χ2n) is 5.45. The van der Waals surface area contributed by atoms with E-state index in [1.807, 2.05) is 26.0 Å². The smallest absolute Gasteiger partial charge is 0.122 e. The van der Waals surface area contributed by atoms with E-state index >= 15 is 0 Å². The van der Waals surface area contributed by atoms with Crippen molar-refractivity contribution in [1.29, 1.82) is 0 Å². The van der Waals surface area contributed by atoms with Crippen molar-refractivity contribution in [2.75, 3.05) is 25.1 Å². The maximum atomic E-state index is 9.20. The molecule has 0 radical (unpaired) electrons. The minimum Gasteiger partial charge on any atom is -0.493 e. The number of fused-ring (bicyclic) bond motifs is 1. The zero-order valence-electron chi connectivity index (χ0n) is 10.6. The second kappa shape index (κ2) is 4.96. The Hall–Kier alpha value is -1.22. The van der Waals surface area contributed by atoms with Gasteiger partial charge >= 0.3 is 0 Å². The first kappa shape index (κ1) is 12.2. The monoisotopic (exact) mass is 235 g/mol. The van der Waals surface area contributed by atoms with Crippen molar-refractivity contribution >= 4 is 5.69 Å². The number of hydrogen-bond donors (Lipinski definition) is 2. The maximum Gasteiger partial charge on any atom is 0.122 e. The maximum absolute atomic E-state index is 9.20. The average Bonchev–Trinajstić information content (AvgIpc) is 2.36. The molecule has 1 aromatic rings. The summed E-state index contributed by atoms with van der Waals surface area (Å²) in [7, 11) is 0. The lowest BCUT2D eigenvalue weighted by Gasteiger charge is -2.23. The summed E-state index contributed by atoms with van der Waals surface area (Å²) in [6.45, 7) is 5.87. The summed E-state index contributed by atoms with van der Waals surface area (Å²) in [6.07, 6.45) is 2.19. The molecule has 3 heteroatoms. The van der Waals surface area contributed by atoms with Gasteiger partial charge in [0.2, 0.25) is 0 Å². The minimum atomic E-state index is -0.0909. The normalized spacial score (nSPS) is 15.0. The fourth-order valence-electron chi connectivity index (χ4n) is 1.87. The quantitative estimate of drug-likeness (QED) is 0.842. The van der Waals surface area contributed by atoms with Gasteiger partial charge in [-0.25, -0.2) is 0 Å². The van der Waals surface area contributed by atoms with Gasteiger partial charge in [-0.2, -0.15) is 0 Å². The SMILES string of the molecule is CC(C)(CO)CNc1ccc2c(c1)CCCO2. The Morgan fingerprint density at radius 2 is 2.24 bits per heavy atom. The van der Waals surface area contributed by atoms with E-state index in [4.69, 9.17) is 4.74 Å². The highest BCUT2D eigenvalue weighted by molar-refractivity contribution is 5.51. The predicted octanol–water partition coefficient (Wildman–Crippen LogP) is 2.44. The van der Waals surface area contributed by atoms with Crippen molar-refractivity contribution in [3.05, 3.63) is 23.8 Å². The van der Waals surface area contributed by atoms with Gasteiger partial charge in [-0.05, 0) is 36.6 Å². The van der Waals surface area contributed by atoms with Gasteiger partial charge in [0.05, 0.1) is 6.61 Å². The van der Waals surface area contributed by atoms with Crippen LogP contribution in [0.25, 0.3) is 0 Å². The molecule has 17 heavy (non-hydrogen) atoms. The third-order valence-corrected chi connectivity index (χ3v) is 3.11. The zero-order chi connectivity index (χ0) is 12.3. The summed E-state index contributed by atoms with van der Waals surface area (Å²) in [5.41, 5.74) is 2.30. The molecule has 0 aliphatic carbocycles. The van der Waals surface area contributed by atoms with E-state index < -0.39 is 0 Å². The highest BCUT2D eigenvalue weighted by Gasteiger charge is 2.16. The molecule has 0 saturated carbocycles. The van der Waals surface area contributed by atoms with E-state index in [-0.39, 0.29) is 12.0 Å². The zero-order valence-corrected chi connectivity index (χ0v) is 10.6. The van der Waals surface area contributed by atoms with Crippen LogP contribution in [0.5, 0.6) is 5.75 Å². The first-order valence-electron chi connectivity index (χ1n) is 6.21. The molecule has 3 nitrogen and oxygen atoms in total. The third-order valence-electron chi connectivity index (χ3n) is 3.11. The molecule has 2 N–H and O–H groups in total. The summed E-state index contributed by atoms with van der Waals surface area (Å²) in [5, 5.41) is 12.6. The highest BCUT2D eigenvalue weighted by Crippen LogP contribution is 2.28. The Balaban J connectivity index is 2.02. The topological polar surface area (TPSA) is 41.5 Å². The van der Waals surface area contributed by atoms with E-state index in [1.165, 1.54) is 5.56 Å². The standard InChI is InChI=1S/C14H21NO2/c1-14(2,10-16)9-15-12-5-6-13-11(8-12)4-3-7-17-13/h5-6,8,15-16H,3-4,7,9-10H2,1-2H3. The lowest BCUT2D eigenvalue weighted by molar-refractivity contribution is 0.171. The lowest BCUT2D eigenvalue weighted by atomic mass is 9.95. The molecular formula is C14H21NO2. The predicted molar refractivity (Wildman–Crippen MR) is 69.6 cm³/mol. The molecule has 0 bridgehead atoms. The molecule has 0 atom stereocenters. The number of ether oxygens (including phenoxy) is 1. The van der Waals surface area contributed by atoms with Crippen molar-refractivity contribution in [1.82, 2.24) is 0 Å². The Bertz CT molecular complexity index is 388. The van der Waals surface area contributed by atoms with Crippen LogP contribution >= 0.6 is 0 Å². The van der Waals surface area contributed by atoms with E-state index in [0.29, 0.717) is 0 Å². The Morgan fingerprint density at radius 3 is 3.00 bits per heavy atom. The van der Waals surface area contributed by atoms with Gasteiger partial charge in [0.25, 0.3) is 0 Å². The van der Waals surface area contributed by atoms with Crippen LogP contribution in [0.1, 0.15) is 25.8 Å². The lowest BCUT2D eigenvalue weighted by Crippen LogP contribution is -2.26. The first-order chi connectivity index (χ1) is 8.11. The first-order valence-corrected chi connectivity index (χ1v) is 6.21. The second-order valence-corrected chi connectivity index (χ2v) is 5.45. The van der Waals surface area contributed by atoms with Gasteiger partial charge < -0.3 is 15.2 Å². The summed E-state index contributed by atoms with van der Waals surface area (Å²) in [4.78, 5) is 0. The van der Waals surface area contributed by atoms with E-state index in [2.05, 4.69) is 11.4 Å². The molecule has 0 fully saturated rings. The van der Waals surface area contributed by atoms with Crippen LogP contribution in [0.2, 0.25) is 0 Å². The van der Waals surface area contributed by atoms with E-state index in [0.717, 1.165) is 37.4 Å². The molecule has 1 aliphatic rings. The van der Waals surface area contributed by atoms with Crippen LogP contribution < -0.4 is 10.1 Å². The molecular weight excluding hydrogens is 214 g/mol. The van der Waals surface area contributed by atoms with Crippen molar-refractivity contribution in [3.8, 4) is 5.75 Å². The number of aliphatic hydroxyl groups is 1. The van der Waals surface area contributed by atoms with Crippen molar-refractivity contribution in [3.63, 3.8) is 0 Å². The number of benzene rings is 1. The molecule has 1 heterocycles. The molecule has 2 rings (SSSR count). The van der Waals surface area contributed by atoms with Gasteiger partial charge in [-0.1, -0.05) is 13.8 Å². The Morgan fingerprint density at radius 1 is 1.41 bits per heavy atom. The molecule has 0 saturated heterocycles. The fraction of sp³-hybridized carbons (Fsp3) is 0.571. The minimum absolute atomic E-state index is 0.0909.